The zero-order chi connectivity index (χ0) is 15.0. The van der Waals surface area contributed by atoms with Gasteiger partial charge in [0.1, 0.15) is 0 Å². The third-order valence-electron chi connectivity index (χ3n) is 3.29. The van der Waals surface area contributed by atoms with E-state index in [4.69, 9.17) is 23.2 Å². The molecule has 0 unspecified atom stereocenters. The minimum Gasteiger partial charge on any atom is -0.338 e. The summed E-state index contributed by atoms with van der Waals surface area (Å²) in [5.74, 6) is -0.0510. The highest BCUT2D eigenvalue weighted by molar-refractivity contribution is 9.10. The van der Waals surface area contributed by atoms with E-state index in [9.17, 15) is 4.79 Å². The molecule has 0 aliphatic heterocycles. The Kier molecular flexibility index (Phi) is 4.07. The van der Waals surface area contributed by atoms with Crippen LogP contribution in [-0.4, -0.2) is 10.4 Å². The van der Waals surface area contributed by atoms with Crippen molar-refractivity contribution < 1.29 is 4.79 Å². The van der Waals surface area contributed by atoms with E-state index in [1.54, 1.807) is 18.2 Å². The molecule has 0 atom stereocenters. The Labute approximate surface area is 140 Å². The van der Waals surface area contributed by atoms with Crippen LogP contribution in [0.15, 0.2) is 53.1 Å². The Hall–Kier alpha value is -1.29. The maximum absolute atomic E-state index is 12.4. The highest BCUT2D eigenvalue weighted by Crippen LogP contribution is 2.27. The number of hydrogen-bond acceptors (Lipinski definition) is 1. The number of rotatable bonds is 3. The normalized spacial score (nSPS) is 11.0. The molecule has 0 bridgehead atoms. The van der Waals surface area contributed by atoms with Gasteiger partial charge in [-0.15, -0.1) is 0 Å². The van der Waals surface area contributed by atoms with Crippen LogP contribution in [0.5, 0.6) is 0 Å². The minimum atomic E-state index is -0.0510. The quantitative estimate of drug-likeness (QED) is 0.541. The lowest BCUT2D eigenvalue weighted by molar-refractivity contribution is 0.0974. The molecule has 106 valence electrons. The fourth-order valence-electron chi connectivity index (χ4n) is 2.29. The van der Waals surface area contributed by atoms with Crippen LogP contribution in [-0.2, 0) is 6.54 Å². The maximum Gasteiger partial charge on any atom is 0.183 e. The predicted molar refractivity (Wildman–Crippen MR) is 90.4 cm³/mol. The largest absolute Gasteiger partial charge is 0.338 e. The zero-order valence-corrected chi connectivity index (χ0v) is 13.9. The smallest absolute Gasteiger partial charge is 0.183 e. The molecular weight excluding hydrogens is 373 g/mol. The first-order chi connectivity index (χ1) is 10.1. The summed E-state index contributed by atoms with van der Waals surface area (Å²) in [7, 11) is 0. The van der Waals surface area contributed by atoms with E-state index >= 15 is 0 Å². The Morgan fingerprint density at radius 3 is 2.67 bits per heavy atom. The molecule has 0 N–H and O–H groups in total. The number of Topliss-reactive ketones (excluding diaryl/α,β-unsaturated/α-hetero) is 1. The fourth-order valence-corrected chi connectivity index (χ4v) is 3.38. The lowest BCUT2D eigenvalue weighted by Crippen LogP contribution is -2.10. The molecule has 0 radical (unpaired) electrons. The summed E-state index contributed by atoms with van der Waals surface area (Å²) in [5, 5.41) is 1.97. The molecule has 21 heavy (non-hydrogen) atoms. The van der Waals surface area contributed by atoms with Crippen molar-refractivity contribution in [1.29, 1.82) is 0 Å². The first-order valence-corrected chi connectivity index (χ1v) is 7.83. The number of benzene rings is 2. The highest BCUT2D eigenvalue weighted by atomic mass is 79.9. The monoisotopic (exact) mass is 381 g/mol. The molecule has 0 saturated heterocycles. The number of fused-ring (bicyclic) bond motifs is 1. The van der Waals surface area contributed by atoms with Crippen molar-refractivity contribution in [3.05, 3.63) is 68.7 Å². The molecule has 3 rings (SSSR count). The lowest BCUT2D eigenvalue weighted by atomic mass is 10.1. The van der Waals surface area contributed by atoms with Crippen LogP contribution >= 0.6 is 39.1 Å². The van der Waals surface area contributed by atoms with Crippen molar-refractivity contribution in [2.75, 3.05) is 0 Å². The zero-order valence-electron chi connectivity index (χ0n) is 10.8. The molecule has 0 saturated carbocycles. The van der Waals surface area contributed by atoms with Gasteiger partial charge in [0.25, 0.3) is 0 Å². The number of para-hydroxylation sites is 1. The van der Waals surface area contributed by atoms with Crippen LogP contribution in [0.4, 0.5) is 0 Å². The summed E-state index contributed by atoms with van der Waals surface area (Å²) >= 11 is 15.5. The number of halogens is 3. The van der Waals surface area contributed by atoms with Crippen LogP contribution in [0.1, 0.15) is 10.4 Å². The second-order valence-corrected chi connectivity index (χ2v) is 6.37. The summed E-state index contributed by atoms with van der Waals surface area (Å²) in [4.78, 5) is 12.4. The van der Waals surface area contributed by atoms with E-state index in [2.05, 4.69) is 15.9 Å². The van der Waals surface area contributed by atoms with Crippen molar-refractivity contribution in [2.24, 2.45) is 0 Å². The van der Waals surface area contributed by atoms with E-state index in [1.165, 1.54) is 0 Å². The standard InChI is InChI=1S/C16H10BrCl2NO/c17-13-8-20(15-4-2-1-3-11(13)15)9-16(21)12-6-5-10(18)7-14(12)19/h1-8H,9H2. The van der Waals surface area contributed by atoms with Gasteiger partial charge < -0.3 is 4.57 Å². The highest BCUT2D eigenvalue weighted by Gasteiger charge is 2.14. The van der Waals surface area contributed by atoms with Gasteiger partial charge in [0, 0.05) is 32.2 Å². The topological polar surface area (TPSA) is 22.0 Å². The third kappa shape index (κ3) is 2.86. The average molecular weight is 383 g/mol. The van der Waals surface area contributed by atoms with E-state index < -0.39 is 0 Å². The molecule has 3 aromatic rings. The summed E-state index contributed by atoms with van der Waals surface area (Å²) in [6.45, 7) is 0.230. The van der Waals surface area contributed by atoms with Crippen molar-refractivity contribution in [1.82, 2.24) is 4.57 Å². The Bertz CT molecular complexity index is 841. The van der Waals surface area contributed by atoms with Crippen molar-refractivity contribution >= 4 is 55.8 Å². The van der Waals surface area contributed by atoms with Crippen LogP contribution in [0, 0.1) is 0 Å². The fraction of sp³-hybridized carbons (Fsp3) is 0.0625. The molecule has 0 fully saturated rings. The summed E-state index contributed by atoms with van der Waals surface area (Å²) in [6.07, 6.45) is 1.91. The van der Waals surface area contributed by atoms with Crippen molar-refractivity contribution in [3.63, 3.8) is 0 Å². The summed E-state index contributed by atoms with van der Waals surface area (Å²) < 4.78 is 2.88. The van der Waals surface area contributed by atoms with Gasteiger partial charge in [0.05, 0.1) is 11.6 Å². The van der Waals surface area contributed by atoms with Gasteiger partial charge in [0.2, 0.25) is 0 Å². The maximum atomic E-state index is 12.4. The van der Waals surface area contributed by atoms with Crippen LogP contribution in [0.3, 0.4) is 0 Å². The molecule has 0 aliphatic carbocycles. The molecule has 0 spiro atoms. The average Bonchev–Trinajstić information content (AvgIpc) is 2.76. The molecular formula is C16H10BrCl2NO. The second-order valence-electron chi connectivity index (χ2n) is 4.67. The number of nitrogens with zero attached hydrogens (tertiary/aromatic N) is 1. The van der Waals surface area contributed by atoms with Crippen molar-refractivity contribution in [3.8, 4) is 0 Å². The van der Waals surface area contributed by atoms with Gasteiger partial charge in [-0.2, -0.15) is 0 Å². The molecule has 5 heteroatoms. The van der Waals surface area contributed by atoms with E-state index in [1.807, 2.05) is 35.0 Å². The van der Waals surface area contributed by atoms with Gasteiger partial charge in [-0.25, -0.2) is 0 Å². The molecule has 2 nitrogen and oxygen atoms in total. The Morgan fingerprint density at radius 1 is 1.14 bits per heavy atom. The molecule has 0 amide bonds. The van der Waals surface area contributed by atoms with E-state index in [0.29, 0.717) is 15.6 Å². The van der Waals surface area contributed by atoms with E-state index in [-0.39, 0.29) is 12.3 Å². The minimum absolute atomic E-state index is 0.0510. The van der Waals surface area contributed by atoms with Gasteiger partial charge in [-0.1, -0.05) is 41.4 Å². The van der Waals surface area contributed by atoms with E-state index in [0.717, 1.165) is 15.4 Å². The molecule has 0 aliphatic rings. The summed E-state index contributed by atoms with van der Waals surface area (Å²) in [5.41, 5.74) is 1.48. The van der Waals surface area contributed by atoms with Crippen molar-refractivity contribution in [2.45, 2.75) is 6.54 Å². The number of ketones is 1. The molecule has 2 aromatic carbocycles. The number of carbonyl (C=O) groups is 1. The first kappa shape index (κ1) is 14.6. The van der Waals surface area contributed by atoms with Gasteiger partial charge in [-0.05, 0) is 40.2 Å². The third-order valence-corrected chi connectivity index (χ3v) is 4.47. The summed E-state index contributed by atoms with van der Waals surface area (Å²) in [6, 6.07) is 12.8. The molecule has 1 aromatic heterocycles. The number of aromatic nitrogens is 1. The Morgan fingerprint density at radius 2 is 1.90 bits per heavy atom. The lowest BCUT2D eigenvalue weighted by Gasteiger charge is -2.06. The molecule has 1 heterocycles. The second kappa shape index (κ2) is 5.84. The van der Waals surface area contributed by atoms with Gasteiger partial charge >= 0.3 is 0 Å². The van der Waals surface area contributed by atoms with Gasteiger partial charge in [-0.3, -0.25) is 4.79 Å². The van der Waals surface area contributed by atoms with Gasteiger partial charge in [0.15, 0.2) is 5.78 Å². The van der Waals surface area contributed by atoms with Crippen LogP contribution in [0.25, 0.3) is 10.9 Å². The predicted octanol–water partition coefficient (Wildman–Crippen LogP) is 5.59. The number of hydrogen-bond donors (Lipinski definition) is 0. The number of carbonyl (C=O) groups excluding carboxylic acids is 1. The SMILES string of the molecule is O=C(Cn1cc(Br)c2ccccc21)c1ccc(Cl)cc1Cl. The Balaban J connectivity index is 1.97. The van der Waals surface area contributed by atoms with Crippen LogP contribution < -0.4 is 0 Å². The van der Waals surface area contributed by atoms with Crippen LogP contribution in [0.2, 0.25) is 10.0 Å². The first-order valence-electron chi connectivity index (χ1n) is 6.28.